The second-order valence-electron chi connectivity index (χ2n) is 3.51. The molecule has 1 heterocycles. The van der Waals surface area contributed by atoms with Gasteiger partial charge in [-0.05, 0) is 24.9 Å². The molecule has 0 saturated heterocycles. The van der Waals surface area contributed by atoms with Gasteiger partial charge in [0.1, 0.15) is 5.82 Å². The van der Waals surface area contributed by atoms with Crippen molar-refractivity contribution in [3.8, 4) is 28.6 Å². The minimum atomic E-state index is -0.600. The number of aromatic amines is 1. The highest BCUT2D eigenvalue weighted by Crippen LogP contribution is 2.41. The molecule has 0 atom stereocenters. The summed E-state index contributed by atoms with van der Waals surface area (Å²) < 4.78 is 0. The van der Waals surface area contributed by atoms with Gasteiger partial charge in [0.2, 0.25) is 5.75 Å². The van der Waals surface area contributed by atoms with Gasteiger partial charge in [-0.3, -0.25) is 0 Å². The number of H-pyrrole nitrogens is 1. The Balaban J connectivity index is 0.000000956. The minimum Gasteiger partial charge on any atom is -0.504 e. The zero-order valence-electron chi connectivity index (χ0n) is 11.4. The number of imidazole rings is 1. The lowest BCUT2D eigenvalue weighted by Crippen LogP contribution is -1.83. The number of phenols is 3. The maximum absolute atomic E-state index is 9.74. The van der Waals surface area contributed by atoms with Crippen LogP contribution in [0.4, 0.5) is 5.82 Å². The Morgan fingerprint density at radius 3 is 2.35 bits per heavy atom. The summed E-state index contributed by atoms with van der Waals surface area (Å²) in [6, 6.07) is 2.67. The summed E-state index contributed by atoms with van der Waals surface area (Å²) in [5.41, 5.74) is 0.787. The summed E-state index contributed by atoms with van der Waals surface area (Å²) in [5, 5.41) is 28.4. The van der Waals surface area contributed by atoms with Crippen molar-refractivity contribution in [2.24, 2.45) is 4.99 Å². The fourth-order valence-corrected chi connectivity index (χ4v) is 1.53. The van der Waals surface area contributed by atoms with Gasteiger partial charge in [0.15, 0.2) is 17.3 Å². The van der Waals surface area contributed by atoms with Crippen molar-refractivity contribution in [3.63, 3.8) is 0 Å². The molecule has 0 bridgehead atoms. The number of rotatable bonds is 3. The van der Waals surface area contributed by atoms with Crippen LogP contribution in [0.5, 0.6) is 17.2 Å². The molecule has 0 amide bonds. The van der Waals surface area contributed by atoms with Gasteiger partial charge in [0.25, 0.3) is 0 Å². The Hall–Kier alpha value is -2.76. The topological polar surface area (TPSA) is 102 Å². The third kappa shape index (κ3) is 2.64. The maximum atomic E-state index is 9.74. The number of nitrogens with zero attached hydrogens (tertiary/aromatic N) is 2. The molecule has 2 rings (SSSR count). The van der Waals surface area contributed by atoms with E-state index in [9.17, 15) is 15.3 Å². The lowest BCUT2D eigenvalue weighted by atomic mass is 10.1. The van der Waals surface area contributed by atoms with E-state index in [1.165, 1.54) is 18.2 Å². The van der Waals surface area contributed by atoms with Crippen LogP contribution in [0.25, 0.3) is 17.5 Å². The van der Waals surface area contributed by atoms with E-state index in [2.05, 4.69) is 28.3 Å². The van der Waals surface area contributed by atoms with Crippen molar-refractivity contribution in [1.29, 1.82) is 0 Å². The normalized spacial score (nSPS) is 9.50. The molecule has 106 valence electrons. The van der Waals surface area contributed by atoms with E-state index in [1.807, 2.05) is 13.8 Å². The molecule has 0 fully saturated rings. The molecule has 2 aromatic rings. The first-order valence-corrected chi connectivity index (χ1v) is 6.02. The second kappa shape index (κ2) is 6.42. The summed E-state index contributed by atoms with van der Waals surface area (Å²) in [6.07, 6.45) is 1.51. The molecule has 6 nitrogen and oxygen atoms in total. The van der Waals surface area contributed by atoms with E-state index in [0.717, 1.165) is 0 Å². The van der Waals surface area contributed by atoms with Crippen molar-refractivity contribution in [2.45, 2.75) is 13.8 Å². The van der Waals surface area contributed by atoms with Crippen molar-refractivity contribution < 1.29 is 15.3 Å². The van der Waals surface area contributed by atoms with Gasteiger partial charge in [0.05, 0.1) is 11.3 Å². The molecule has 1 aromatic carbocycles. The van der Waals surface area contributed by atoms with Gasteiger partial charge in [-0.15, -0.1) is 0 Å². The predicted octanol–water partition coefficient (Wildman–Crippen LogP) is 3.19. The number of aliphatic imine (C=N–C) groups is 1. The number of nitrogens with one attached hydrogen (secondary N) is 1. The SMILES string of the molecule is C=Cc1[nH]c(-c2ccc(O)c(O)c2O)nc1N=C.CC. The largest absolute Gasteiger partial charge is 0.504 e. The van der Waals surface area contributed by atoms with Gasteiger partial charge in [-0.25, -0.2) is 9.98 Å². The van der Waals surface area contributed by atoms with Crippen LogP contribution in [0.2, 0.25) is 0 Å². The Kier molecular flexibility index (Phi) is 4.91. The van der Waals surface area contributed by atoms with Crippen molar-refractivity contribution in [3.05, 3.63) is 24.4 Å². The fraction of sp³-hybridized carbons (Fsp3) is 0.143. The van der Waals surface area contributed by atoms with Crippen LogP contribution >= 0.6 is 0 Å². The summed E-state index contributed by atoms with van der Waals surface area (Å²) in [6.45, 7) is 11.0. The average Bonchev–Trinajstić information content (AvgIpc) is 2.90. The van der Waals surface area contributed by atoms with Crippen LogP contribution in [-0.4, -0.2) is 32.0 Å². The molecule has 0 unspecified atom stereocenters. The van der Waals surface area contributed by atoms with E-state index < -0.39 is 17.2 Å². The maximum Gasteiger partial charge on any atom is 0.201 e. The zero-order valence-corrected chi connectivity index (χ0v) is 11.4. The highest BCUT2D eigenvalue weighted by atomic mass is 16.3. The Morgan fingerprint density at radius 1 is 1.20 bits per heavy atom. The van der Waals surface area contributed by atoms with E-state index in [4.69, 9.17) is 0 Å². The zero-order chi connectivity index (χ0) is 15.3. The average molecular weight is 275 g/mol. The van der Waals surface area contributed by atoms with Crippen LogP contribution in [-0.2, 0) is 0 Å². The molecule has 1 aromatic heterocycles. The van der Waals surface area contributed by atoms with Crippen LogP contribution in [0, 0.1) is 0 Å². The predicted molar refractivity (Wildman–Crippen MR) is 79.7 cm³/mol. The van der Waals surface area contributed by atoms with Gasteiger partial charge < -0.3 is 20.3 Å². The highest BCUT2D eigenvalue weighted by molar-refractivity contribution is 5.74. The molecule has 0 spiro atoms. The van der Waals surface area contributed by atoms with E-state index in [1.54, 1.807) is 0 Å². The summed E-state index contributed by atoms with van der Waals surface area (Å²) in [7, 11) is 0. The monoisotopic (exact) mass is 275 g/mol. The molecule has 0 aliphatic carbocycles. The Morgan fingerprint density at radius 2 is 1.85 bits per heavy atom. The third-order valence-corrected chi connectivity index (χ3v) is 2.45. The smallest absolute Gasteiger partial charge is 0.201 e. The number of benzene rings is 1. The molecule has 0 aliphatic rings. The lowest BCUT2D eigenvalue weighted by Gasteiger charge is -2.04. The molecule has 6 heteroatoms. The van der Waals surface area contributed by atoms with Crippen LogP contribution in [0.15, 0.2) is 23.7 Å². The molecule has 0 radical (unpaired) electrons. The summed E-state index contributed by atoms with van der Waals surface area (Å²) in [5.74, 6) is -0.840. The molecule has 0 aliphatic heterocycles. The first-order chi connectivity index (χ1) is 9.58. The third-order valence-electron chi connectivity index (χ3n) is 2.45. The van der Waals surface area contributed by atoms with Crippen LogP contribution in [0.1, 0.15) is 19.5 Å². The number of aromatic hydroxyl groups is 3. The summed E-state index contributed by atoms with van der Waals surface area (Å²) in [4.78, 5) is 10.7. The number of aromatic nitrogens is 2. The Bertz CT molecular complexity index is 607. The van der Waals surface area contributed by atoms with E-state index in [0.29, 0.717) is 17.3 Å². The van der Waals surface area contributed by atoms with Crippen molar-refractivity contribution in [2.75, 3.05) is 0 Å². The van der Waals surface area contributed by atoms with Gasteiger partial charge in [-0.1, -0.05) is 20.4 Å². The van der Waals surface area contributed by atoms with Crippen molar-refractivity contribution >= 4 is 18.6 Å². The van der Waals surface area contributed by atoms with Crippen molar-refractivity contribution in [1.82, 2.24) is 9.97 Å². The first-order valence-electron chi connectivity index (χ1n) is 6.02. The first kappa shape index (κ1) is 15.3. The molecule has 0 saturated carbocycles. The molecular formula is C14H17N3O3. The molecular weight excluding hydrogens is 258 g/mol. The fourth-order valence-electron chi connectivity index (χ4n) is 1.53. The lowest BCUT2D eigenvalue weighted by molar-refractivity contribution is 0.369. The highest BCUT2D eigenvalue weighted by Gasteiger charge is 2.16. The quantitative estimate of drug-likeness (QED) is 0.510. The molecule has 20 heavy (non-hydrogen) atoms. The minimum absolute atomic E-state index is 0.239. The number of phenolic OH excluding ortho intramolecular Hbond substituents is 3. The summed E-state index contributed by atoms with van der Waals surface area (Å²) >= 11 is 0. The number of hydrogen-bond donors (Lipinski definition) is 4. The van der Waals surface area contributed by atoms with E-state index >= 15 is 0 Å². The van der Waals surface area contributed by atoms with Gasteiger partial charge in [0, 0.05) is 0 Å². The standard InChI is InChI=1S/C12H11N3O3.C2H6/c1-3-7-12(13-2)15-11(14-7)6-4-5-8(16)10(18)9(6)17;1-2/h3-5,16-18H,1-2H2,(H,14,15);1-2H3. The van der Waals surface area contributed by atoms with Gasteiger partial charge in [-0.2, -0.15) is 0 Å². The number of hydrogen-bond acceptors (Lipinski definition) is 5. The second-order valence-corrected chi connectivity index (χ2v) is 3.51. The van der Waals surface area contributed by atoms with Gasteiger partial charge >= 0.3 is 0 Å². The van der Waals surface area contributed by atoms with E-state index in [-0.39, 0.29) is 5.56 Å². The Labute approximate surface area is 116 Å². The van der Waals surface area contributed by atoms with Crippen LogP contribution < -0.4 is 0 Å². The molecule has 4 N–H and O–H groups in total. The van der Waals surface area contributed by atoms with Crippen LogP contribution in [0.3, 0.4) is 0 Å².